The average molecular weight is 327 g/mol. The van der Waals surface area contributed by atoms with Crippen LogP contribution >= 0.6 is 0 Å². The van der Waals surface area contributed by atoms with Crippen LogP contribution in [0.4, 0.5) is 5.69 Å². The largest absolute Gasteiger partial charge is 0.502 e. The van der Waals surface area contributed by atoms with E-state index >= 15 is 0 Å². The average Bonchev–Trinajstić information content (AvgIpc) is 2.97. The molecule has 1 heterocycles. The fourth-order valence-corrected chi connectivity index (χ4v) is 1.93. The van der Waals surface area contributed by atoms with E-state index in [0.29, 0.717) is 11.5 Å². The summed E-state index contributed by atoms with van der Waals surface area (Å²) >= 11 is 0. The number of amides is 1. The van der Waals surface area contributed by atoms with Crippen molar-refractivity contribution in [1.29, 1.82) is 5.26 Å². The second-order valence-corrected chi connectivity index (χ2v) is 4.87. The Morgan fingerprint density at radius 2 is 2.21 bits per heavy atom. The molecule has 0 spiro atoms. The van der Waals surface area contributed by atoms with Crippen LogP contribution in [0.15, 0.2) is 40.3 Å². The highest BCUT2D eigenvalue weighted by atomic mass is 16.6. The summed E-state index contributed by atoms with van der Waals surface area (Å²) in [5, 5.41) is 31.8. The maximum Gasteiger partial charge on any atom is 0.311 e. The number of nitrogens with zero attached hydrogens (tertiary/aromatic N) is 2. The molecule has 1 amide bonds. The lowest BCUT2D eigenvalue weighted by molar-refractivity contribution is -0.385. The molecule has 0 saturated carbocycles. The Kier molecular flexibility index (Phi) is 4.96. The molecular weight excluding hydrogens is 314 g/mol. The fourth-order valence-electron chi connectivity index (χ4n) is 1.93. The zero-order valence-corrected chi connectivity index (χ0v) is 12.6. The van der Waals surface area contributed by atoms with Gasteiger partial charge in [-0.25, -0.2) is 0 Å². The number of hydrogen-bond donors (Lipinski definition) is 2. The number of aromatic hydroxyl groups is 1. The van der Waals surface area contributed by atoms with E-state index in [-0.39, 0.29) is 17.7 Å². The third-order valence-corrected chi connectivity index (χ3v) is 3.09. The Balaban J connectivity index is 2.16. The van der Waals surface area contributed by atoms with E-state index in [1.807, 2.05) is 0 Å². The number of furan rings is 1. The lowest BCUT2D eigenvalue weighted by atomic mass is 10.1. The van der Waals surface area contributed by atoms with Crippen molar-refractivity contribution in [1.82, 2.24) is 5.32 Å². The molecule has 0 atom stereocenters. The van der Waals surface area contributed by atoms with E-state index in [4.69, 9.17) is 9.68 Å². The molecular formula is C16H13N3O5. The van der Waals surface area contributed by atoms with E-state index in [1.165, 1.54) is 12.1 Å². The standard InChI is InChI=1S/C16H13N3O5/c1-10-2-4-13(24-10)9-18-16(21)12(8-17)6-11-3-5-15(20)14(7-11)19(22)23/h2-7,20H,9H2,1H3,(H,18,21)/b12-6-. The normalized spacial score (nSPS) is 10.9. The SMILES string of the molecule is Cc1ccc(CNC(=O)/C(C#N)=C\c2ccc(O)c([N+](=O)[O-])c2)o1. The van der Waals surface area contributed by atoms with Crippen LogP contribution in [0.3, 0.4) is 0 Å². The van der Waals surface area contributed by atoms with Crippen LogP contribution in [0.2, 0.25) is 0 Å². The number of rotatable bonds is 5. The topological polar surface area (TPSA) is 129 Å². The number of aryl methyl sites for hydroxylation is 1. The summed E-state index contributed by atoms with van der Waals surface area (Å²) < 4.78 is 5.30. The van der Waals surface area contributed by atoms with Gasteiger partial charge in [0, 0.05) is 6.07 Å². The number of phenolic OH excluding ortho intramolecular Hbond substituents is 1. The third-order valence-electron chi connectivity index (χ3n) is 3.09. The second-order valence-electron chi connectivity index (χ2n) is 4.87. The number of carbonyl (C=O) groups is 1. The molecule has 2 aromatic rings. The van der Waals surface area contributed by atoms with Crippen LogP contribution in [-0.4, -0.2) is 15.9 Å². The smallest absolute Gasteiger partial charge is 0.311 e. The van der Waals surface area contributed by atoms with Gasteiger partial charge in [0.25, 0.3) is 5.91 Å². The summed E-state index contributed by atoms with van der Waals surface area (Å²) in [6, 6.07) is 8.76. The number of nitrogens with one attached hydrogen (secondary N) is 1. The lowest BCUT2D eigenvalue weighted by Crippen LogP contribution is -2.23. The van der Waals surface area contributed by atoms with Crippen LogP contribution in [-0.2, 0) is 11.3 Å². The molecule has 1 aromatic heterocycles. The van der Waals surface area contributed by atoms with Crippen LogP contribution < -0.4 is 5.32 Å². The minimum absolute atomic E-state index is 0.113. The molecule has 24 heavy (non-hydrogen) atoms. The Bertz CT molecular complexity index is 861. The number of benzene rings is 1. The Labute approximate surface area is 136 Å². The van der Waals surface area contributed by atoms with Crippen molar-refractivity contribution in [2.75, 3.05) is 0 Å². The van der Waals surface area contributed by atoms with Crippen molar-refractivity contribution >= 4 is 17.7 Å². The highest BCUT2D eigenvalue weighted by Crippen LogP contribution is 2.27. The van der Waals surface area contributed by atoms with Crippen LogP contribution in [0.1, 0.15) is 17.1 Å². The van der Waals surface area contributed by atoms with Gasteiger partial charge in [-0.3, -0.25) is 14.9 Å². The molecule has 0 aliphatic heterocycles. The molecule has 0 fully saturated rings. The molecule has 2 rings (SSSR count). The summed E-state index contributed by atoms with van der Waals surface area (Å²) in [5.74, 6) is 0.112. The molecule has 0 bridgehead atoms. The predicted octanol–water partition coefficient (Wildman–Crippen LogP) is 2.43. The summed E-state index contributed by atoms with van der Waals surface area (Å²) in [6.07, 6.45) is 1.20. The van der Waals surface area contributed by atoms with Crippen molar-refractivity contribution in [3.8, 4) is 11.8 Å². The van der Waals surface area contributed by atoms with Gasteiger partial charge in [0.2, 0.25) is 0 Å². The van der Waals surface area contributed by atoms with Gasteiger partial charge in [0.1, 0.15) is 23.2 Å². The molecule has 2 N–H and O–H groups in total. The zero-order valence-electron chi connectivity index (χ0n) is 12.6. The zero-order chi connectivity index (χ0) is 17.7. The van der Waals surface area contributed by atoms with Crippen LogP contribution in [0.5, 0.6) is 5.75 Å². The van der Waals surface area contributed by atoms with Gasteiger partial charge in [-0.1, -0.05) is 6.07 Å². The van der Waals surface area contributed by atoms with Crippen molar-refractivity contribution in [3.05, 3.63) is 63.1 Å². The van der Waals surface area contributed by atoms with Crippen LogP contribution in [0, 0.1) is 28.4 Å². The summed E-state index contributed by atoms with van der Waals surface area (Å²) in [5.41, 5.74) is -0.481. The van der Waals surface area contributed by atoms with Gasteiger partial charge in [-0.05, 0) is 36.8 Å². The predicted molar refractivity (Wildman–Crippen MR) is 83.6 cm³/mol. The molecule has 122 valence electrons. The van der Waals surface area contributed by atoms with Gasteiger partial charge >= 0.3 is 5.69 Å². The van der Waals surface area contributed by atoms with Gasteiger partial charge in [-0.15, -0.1) is 0 Å². The van der Waals surface area contributed by atoms with Gasteiger partial charge < -0.3 is 14.8 Å². The van der Waals surface area contributed by atoms with Gasteiger partial charge in [-0.2, -0.15) is 5.26 Å². The number of nitro groups is 1. The van der Waals surface area contributed by atoms with E-state index < -0.39 is 22.3 Å². The van der Waals surface area contributed by atoms with E-state index in [1.54, 1.807) is 25.1 Å². The summed E-state index contributed by atoms with van der Waals surface area (Å²) in [7, 11) is 0. The molecule has 0 saturated heterocycles. The Morgan fingerprint density at radius 1 is 1.46 bits per heavy atom. The van der Waals surface area contributed by atoms with Gasteiger partial charge in [0.15, 0.2) is 5.75 Å². The monoisotopic (exact) mass is 327 g/mol. The minimum atomic E-state index is -0.752. The lowest BCUT2D eigenvalue weighted by Gasteiger charge is -2.03. The maximum atomic E-state index is 12.0. The van der Waals surface area contributed by atoms with Crippen molar-refractivity contribution < 1.29 is 19.2 Å². The number of nitriles is 1. The molecule has 8 nitrogen and oxygen atoms in total. The maximum absolute atomic E-state index is 12.0. The highest BCUT2D eigenvalue weighted by Gasteiger charge is 2.15. The van der Waals surface area contributed by atoms with E-state index in [0.717, 1.165) is 12.1 Å². The molecule has 0 unspecified atom stereocenters. The minimum Gasteiger partial charge on any atom is -0.502 e. The van der Waals surface area contributed by atoms with E-state index in [9.17, 15) is 20.0 Å². The molecule has 0 radical (unpaired) electrons. The second kappa shape index (κ2) is 7.11. The number of hydrogen-bond acceptors (Lipinski definition) is 6. The number of carbonyl (C=O) groups excluding carboxylic acids is 1. The molecule has 8 heteroatoms. The first kappa shape index (κ1) is 16.8. The van der Waals surface area contributed by atoms with Crippen LogP contribution in [0.25, 0.3) is 6.08 Å². The third kappa shape index (κ3) is 3.98. The van der Waals surface area contributed by atoms with Gasteiger partial charge in [0.05, 0.1) is 11.5 Å². The Morgan fingerprint density at radius 3 is 2.79 bits per heavy atom. The van der Waals surface area contributed by atoms with Crippen molar-refractivity contribution in [2.45, 2.75) is 13.5 Å². The Hall–Kier alpha value is -3.60. The number of nitro benzene ring substituents is 1. The highest BCUT2D eigenvalue weighted by molar-refractivity contribution is 6.01. The molecule has 1 aromatic carbocycles. The molecule has 0 aliphatic carbocycles. The van der Waals surface area contributed by atoms with Crippen molar-refractivity contribution in [2.24, 2.45) is 0 Å². The van der Waals surface area contributed by atoms with E-state index in [2.05, 4.69) is 5.32 Å². The number of phenols is 1. The molecule has 0 aliphatic rings. The van der Waals surface area contributed by atoms with Crippen molar-refractivity contribution in [3.63, 3.8) is 0 Å². The first-order valence-electron chi connectivity index (χ1n) is 6.83. The quantitative estimate of drug-likeness (QED) is 0.375. The summed E-state index contributed by atoms with van der Waals surface area (Å²) in [4.78, 5) is 22.1. The fraction of sp³-hybridized carbons (Fsp3) is 0.125. The summed E-state index contributed by atoms with van der Waals surface area (Å²) in [6.45, 7) is 1.88. The first-order valence-corrected chi connectivity index (χ1v) is 6.83. The first-order chi connectivity index (χ1) is 11.4.